The van der Waals surface area contributed by atoms with E-state index in [9.17, 15) is 14.0 Å². The zero-order chi connectivity index (χ0) is 22.1. The predicted molar refractivity (Wildman–Crippen MR) is 121 cm³/mol. The van der Waals surface area contributed by atoms with Crippen LogP contribution in [0.3, 0.4) is 0 Å². The fourth-order valence-corrected chi connectivity index (χ4v) is 6.31. The molecule has 3 aliphatic rings. The first-order chi connectivity index (χ1) is 14.7. The van der Waals surface area contributed by atoms with Crippen LogP contribution in [0.15, 0.2) is 42.5 Å². The minimum absolute atomic E-state index is 0.161. The first-order valence-corrected chi connectivity index (χ1v) is 11.3. The van der Waals surface area contributed by atoms with Crippen molar-refractivity contribution >= 4 is 40.5 Å². The topological polar surface area (TPSA) is 49.9 Å². The van der Waals surface area contributed by atoms with Crippen LogP contribution in [0.2, 0.25) is 0 Å². The van der Waals surface area contributed by atoms with Gasteiger partial charge in [0, 0.05) is 16.8 Å². The molecule has 1 saturated heterocycles. The number of benzene rings is 2. The van der Waals surface area contributed by atoms with E-state index in [1.807, 2.05) is 44.7 Å². The van der Waals surface area contributed by atoms with Gasteiger partial charge in [-0.3, -0.25) is 19.4 Å². The van der Waals surface area contributed by atoms with Gasteiger partial charge < -0.3 is 4.74 Å². The van der Waals surface area contributed by atoms with E-state index in [4.69, 9.17) is 4.74 Å². The maximum absolute atomic E-state index is 14.2. The average molecular weight is 439 g/mol. The number of nitrogens with zero attached hydrogens (tertiary/aromatic N) is 2. The number of allylic oxidation sites excluding steroid dienone is 1. The van der Waals surface area contributed by atoms with Gasteiger partial charge in [0.1, 0.15) is 11.6 Å². The van der Waals surface area contributed by atoms with Gasteiger partial charge in [0.15, 0.2) is 0 Å². The normalized spacial score (nSPS) is 23.5. The van der Waals surface area contributed by atoms with Crippen molar-refractivity contribution < 1.29 is 18.7 Å². The summed E-state index contributed by atoms with van der Waals surface area (Å²) in [6.07, 6.45) is 2.08. The third-order valence-electron chi connectivity index (χ3n) is 6.10. The molecule has 0 radical (unpaired) electrons. The third kappa shape index (κ3) is 2.62. The number of rotatable bonds is 3. The van der Waals surface area contributed by atoms with Crippen molar-refractivity contribution in [1.82, 2.24) is 0 Å². The minimum atomic E-state index is -1.25. The van der Waals surface area contributed by atoms with Crippen LogP contribution in [-0.2, 0) is 14.5 Å². The average Bonchev–Trinajstić information content (AvgIpc) is 3.18. The Morgan fingerprint density at radius 3 is 2.52 bits per heavy atom. The molecule has 0 bridgehead atoms. The van der Waals surface area contributed by atoms with Gasteiger partial charge >= 0.3 is 0 Å². The second-order valence-corrected chi connectivity index (χ2v) is 9.73. The molecule has 0 unspecified atom stereocenters. The number of anilines is 2. The molecule has 2 aromatic carbocycles. The fraction of sp³-hybridized carbons (Fsp3) is 0.333. The fourth-order valence-electron chi connectivity index (χ4n) is 4.99. The number of carbonyl (C=O) groups excluding carboxylic acids is 2. The monoisotopic (exact) mass is 438 g/mol. The highest BCUT2D eigenvalue weighted by atomic mass is 32.2. The highest BCUT2D eigenvalue weighted by Crippen LogP contribution is 2.60. The number of hydrogen-bond acceptors (Lipinski definition) is 4. The lowest BCUT2D eigenvalue weighted by atomic mass is 9.89. The summed E-state index contributed by atoms with van der Waals surface area (Å²) in [5.41, 5.74) is 3.52. The molecule has 1 fully saturated rings. The molecule has 31 heavy (non-hydrogen) atoms. The molecule has 2 aromatic rings. The summed E-state index contributed by atoms with van der Waals surface area (Å²) in [7, 11) is 0. The lowest BCUT2D eigenvalue weighted by Crippen LogP contribution is -2.54. The molecule has 0 N–H and O–H groups in total. The van der Waals surface area contributed by atoms with Crippen molar-refractivity contribution in [2.45, 2.75) is 38.1 Å². The quantitative estimate of drug-likeness (QED) is 0.697. The van der Waals surface area contributed by atoms with Crippen molar-refractivity contribution in [3.63, 3.8) is 0 Å². The van der Waals surface area contributed by atoms with Crippen LogP contribution < -0.4 is 14.5 Å². The van der Waals surface area contributed by atoms with Crippen LogP contribution in [0.25, 0.3) is 5.57 Å². The van der Waals surface area contributed by atoms with E-state index in [0.29, 0.717) is 18.0 Å². The molecule has 1 spiro atoms. The van der Waals surface area contributed by atoms with Crippen LogP contribution in [0.1, 0.15) is 38.8 Å². The van der Waals surface area contributed by atoms with Crippen molar-refractivity contribution in [1.29, 1.82) is 0 Å². The Labute approximate surface area is 184 Å². The number of hydrogen-bond donors (Lipinski definition) is 0. The zero-order valence-electron chi connectivity index (χ0n) is 17.9. The molecule has 5 rings (SSSR count). The second kappa shape index (κ2) is 6.60. The van der Waals surface area contributed by atoms with Gasteiger partial charge in [-0.2, -0.15) is 0 Å². The number of fused-ring (bicyclic) bond motifs is 1. The minimum Gasteiger partial charge on any atom is -0.494 e. The smallest absolute Gasteiger partial charge is 0.269 e. The number of carbonyl (C=O) groups is 2. The van der Waals surface area contributed by atoms with Crippen molar-refractivity contribution in [2.75, 3.05) is 22.2 Å². The van der Waals surface area contributed by atoms with Gasteiger partial charge in [-0.1, -0.05) is 6.08 Å². The molecule has 3 aliphatic heterocycles. The number of thioether (sulfide) groups is 1. The molecule has 3 heterocycles. The molecule has 1 atom stereocenters. The van der Waals surface area contributed by atoms with Gasteiger partial charge in [-0.15, -0.1) is 11.8 Å². The van der Waals surface area contributed by atoms with Crippen LogP contribution in [0, 0.1) is 5.82 Å². The Morgan fingerprint density at radius 2 is 1.84 bits per heavy atom. The van der Waals surface area contributed by atoms with Crippen LogP contribution in [0.4, 0.5) is 15.8 Å². The van der Waals surface area contributed by atoms with Crippen molar-refractivity contribution in [3.8, 4) is 5.75 Å². The van der Waals surface area contributed by atoms with E-state index in [0.717, 1.165) is 22.4 Å². The molecule has 0 aliphatic carbocycles. The summed E-state index contributed by atoms with van der Waals surface area (Å²) in [5.74, 6) is 0.0971. The Hall–Kier alpha value is -2.80. The lowest BCUT2D eigenvalue weighted by Gasteiger charge is -2.40. The van der Waals surface area contributed by atoms with Crippen LogP contribution in [-0.4, -0.2) is 29.7 Å². The van der Waals surface area contributed by atoms with Crippen LogP contribution in [0.5, 0.6) is 5.75 Å². The Bertz CT molecular complexity index is 1160. The molecule has 7 heteroatoms. The molecular weight excluding hydrogens is 415 g/mol. The standard InChI is InChI=1S/C24H23FN2O3S/c1-5-30-17-10-18-14(2)12-23(3,4)27-21(18)19(11-17)24(22(27)29)26(20(28)13-31-24)16-8-6-15(25)7-9-16/h6-12H,5,13H2,1-4H3/t24-/m0/s1. The van der Waals surface area contributed by atoms with Crippen LogP contribution >= 0.6 is 11.8 Å². The molecular formula is C24H23FN2O3S. The molecule has 5 nitrogen and oxygen atoms in total. The Kier molecular flexibility index (Phi) is 4.28. The van der Waals surface area contributed by atoms with Gasteiger partial charge in [0.2, 0.25) is 10.8 Å². The van der Waals surface area contributed by atoms with Gasteiger partial charge in [-0.25, -0.2) is 4.39 Å². The van der Waals surface area contributed by atoms with E-state index >= 15 is 0 Å². The number of ether oxygens (including phenoxy) is 1. The van der Waals surface area contributed by atoms with E-state index < -0.39 is 16.2 Å². The zero-order valence-corrected chi connectivity index (χ0v) is 18.7. The first kappa shape index (κ1) is 20.1. The Balaban J connectivity index is 1.81. The molecule has 0 saturated carbocycles. The summed E-state index contributed by atoms with van der Waals surface area (Å²) in [6.45, 7) is 8.44. The largest absolute Gasteiger partial charge is 0.494 e. The molecule has 2 amide bonds. The molecule has 160 valence electrons. The maximum atomic E-state index is 14.2. The van der Waals surface area contributed by atoms with Crippen molar-refractivity contribution in [3.05, 3.63) is 59.4 Å². The predicted octanol–water partition coefficient (Wildman–Crippen LogP) is 4.70. The van der Waals surface area contributed by atoms with Gasteiger partial charge in [0.25, 0.3) is 5.91 Å². The van der Waals surface area contributed by atoms with Gasteiger partial charge in [0.05, 0.1) is 23.6 Å². The summed E-state index contributed by atoms with van der Waals surface area (Å²) in [5, 5.41) is 0. The van der Waals surface area contributed by atoms with Crippen molar-refractivity contribution in [2.24, 2.45) is 0 Å². The summed E-state index contributed by atoms with van der Waals surface area (Å²) in [6, 6.07) is 9.58. The third-order valence-corrected chi connectivity index (χ3v) is 7.49. The SMILES string of the molecule is CCOc1cc2c3c(c1)[C@]1(SCC(=O)N1c1ccc(F)cc1)C(=O)N3C(C)(C)C=C2C. The highest BCUT2D eigenvalue weighted by Gasteiger charge is 2.64. The summed E-state index contributed by atoms with van der Waals surface area (Å²) in [4.78, 5) is 29.4. The van der Waals surface area contributed by atoms with Gasteiger partial charge in [-0.05, 0) is 69.7 Å². The first-order valence-electron chi connectivity index (χ1n) is 10.3. The Morgan fingerprint density at radius 1 is 1.13 bits per heavy atom. The lowest BCUT2D eigenvalue weighted by molar-refractivity contribution is -0.124. The van der Waals surface area contributed by atoms with E-state index in [1.165, 1.54) is 28.8 Å². The van der Waals surface area contributed by atoms with E-state index in [1.54, 1.807) is 12.1 Å². The summed E-state index contributed by atoms with van der Waals surface area (Å²) < 4.78 is 19.4. The number of amides is 2. The number of halogens is 1. The highest BCUT2D eigenvalue weighted by molar-refractivity contribution is 8.02. The second-order valence-electron chi connectivity index (χ2n) is 8.56. The molecule has 0 aromatic heterocycles. The summed E-state index contributed by atoms with van der Waals surface area (Å²) >= 11 is 1.32. The maximum Gasteiger partial charge on any atom is 0.269 e. The van der Waals surface area contributed by atoms with E-state index in [-0.39, 0.29) is 17.6 Å². The van der Waals surface area contributed by atoms with E-state index in [2.05, 4.69) is 6.08 Å².